The van der Waals surface area contributed by atoms with E-state index in [0.29, 0.717) is 25.2 Å². The second-order valence-corrected chi connectivity index (χ2v) is 13.2. The van der Waals surface area contributed by atoms with Gasteiger partial charge >= 0.3 is 0 Å². The molecule has 0 saturated heterocycles. The maximum absolute atomic E-state index is 14.2. The maximum atomic E-state index is 14.2. The third kappa shape index (κ3) is 7.94. The summed E-state index contributed by atoms with van der Waals surface area (Å²) in [6.07, 6.45) is 5.85. The fraction of sp³-hybridized carbons (Fsp3) is 0.412. The lowest BCUT2D eigenvalue weighted by molar-refractivity contribution is -0.140. The molecule has 2 aliphatic rings. The predicted molar refractivity (Wildman–Crippen MR) is 169 cm³/mol. The summed E-state index contributed by atoms with van der Waals surface area (Å²) < 4.78 is 54.4. The molecule has 240 valence electrons. The minimum atomic E-state index is -4.34. The number of fused-ring (bicyclic) bond motifs is 1. The zero-order valence-corrected chi connectivity index (χ0v) is 26.3. The van der Waals surface area contributed by atoms with Crippen molar-refractivity contribution in [1.82, 2.24) is 10.2 Å². The van der Waals surface area contributed by atoms with Crippen molar-refractivity contribution in [3.8, 4) is 11.5 Å². The molecule has 0 unspecified atom stereocenters. The Balaban J connectivity index is 1.46. The van der Waals surface area contributed by atoms with Crippen LogP contribution in [0.3, 0.4) is 0 Å². The van der Waals surface area contributed by atoms with Gasteiger partial charge in [-0.05, 0) is 67.6 Å². The van der Waals surface area contributed by atoms with Gasteiger partial charge in [0, 0.05) is 18.7 Å². The first-order valence-corrected chi connectivity index (χ1v) is 17.0. The van der Waals surface area contributed by atoms with Crippen LogP contribution in [-0.2, 0) is 26.0 Å². The van der Waals surface area contributed by atoms with Crippen molar-refractivity contribution in [2.75, 3.05) is 30.6 Å². The molecular formula is C34H40FN3O6S. The molecule has 2 amide bonds. The fourth-order valence-corrected chi connectivity index (χ4v) is 7.32. The highest BCUT2D eigenvalue weighted by Gasteiger charge is 2.34. The molecule has 45 heavy (non-hydrogen) atoms. The van der Waals surface area contributed by atoms with E-state index in [-0.39, 0.29) is 41.4 Å². The molecule has 3 aromatic carbocycles. The van der Waals surface area contributed by atoms with Crippen LogP contribution >= 0.6 is 0 Å². The molecule has 0 radical (unpaired) electrons. The molecule has 1 aliphatic carbocycles. The van der Waals surface area contributed by atoms with E-state index >= 15 is 0 Å². The Kier molecular flexibility index (Phi) is 10.6. The van der Waals surface area contributed by atoms with E-state index in [1.165, 1.54) is 35.2 Å². The Morgan fingerprint density at radius 2 is 1.62 bits per heavy atom. The molecule has 9 nitrogen and oxygen atoms in total. The summed E-state index contributed by atoms with van der Waals surface area (Å²) in [6.45, 7) is 2.08. The number of nitrogens with one attached hydrogen (secondary N) is 1. The molecule has 1 N–H and O–H groups in total. The first-order chi connectivity index (χ1) is 21.8. The number of hydrogen-bond acceptors (Lipinski definition) is 6. The number of hydrogen-bond donors (Lipinski definition) is 1. The molecular weight excluding hydrogens is 597 g/mol. The summed E-state index contributed by atoms with van der Waals surface area (Å²) in [7, 11) is -4.34. The SMILES string of the molecule is CC[C@@H](C(=O)NC1CCCCC1)N(CCc1ccccc1)C(=O)CN(c1ccc(F)cc1)S(=O)(=O)c1ccc2c(c1)OCCO2. The number of rotatable bonds is 12. The third-order valence-corrected chi connectivity index (χ3v) is 10.1. The Morgan fingerprint density at radius 1 is 0.933 bits per heavy atom. The lowest BCUT2D eigenvalue weighted by Gasteiger charge is -2.34. The summed E-state index contributed by atoms with van der Waals surface area (Å²) in [5.41, 5.74) is 1.10. The molecule has 1 fully saturated rings. The molecule has 1 heterocycles. The van der Waals surface area contributed by atoms with Gasteiger partial charge in [0.15, 0.2) is 11.5 Å². The van der Waals surface area contributed by atoms with Gasteiger partial charge in [-0.2, -0.15) is 0 Å². The minimum absolute atomic E-state index is 0.0534. The standard InChI is InChI=1S/C34H40FN3O6S/c1-2-30(34(40)36-27-11-7-4-8-12-27)37(20-19-25-9-5-3-6-10-25)33(39)24-38(28-15-13-26(35)14-16-28)45(41,42)29-17-18-31-32(23-29)44-22-21-43-31/h3,5-6,9-10,13-18,23,27,30H,2,4,7-8,11-12,19-22,24H2,1H3,(H,36,40)/t30-/m0/s1. The lowest BCUT2D eigenvalue weighted by atomic mass is 9.95. The third-order valence-electron chi connectivity index (χ3n) is 8.32. The van der Waals surface area contributed by atoms with Crippen molar-refractivity contribution < 1.29 is 31.9 Å². The molecule has 0 aromatic heterocycles. The van der Waals surface area contributed by atoms with Crippen LogP contribution < -0.4 is 19.1 Å². The Labute approximate surface area is 264 Å². The van der Waals surface area contributed by atoms with Crippen molar-refractivity contribution in [1.29, 1.82) is 0 Å². The van der Waals surface area contributed by atoms with Gasteiger partial charge < -0.3 is 19.7 Å². The van der Waals surface area contributed by atoms with Gasteiger partial charge in [-0.1, -0.05) is 56.5 Å². The van der Waals surface area contributed by atoms with E-state index in [1.807, 2.05) is 37.3 Å². The summed E-state index contributed by atoms with van der Waals surface area (Å²) in [5.74, 6) is -0.624. The van der Waals surface area contributed by atoms with Crippen LogP contribution in [0.5, 0.6) is 11.5 Å². The van der Waals surface area contributed by atoms with Gasteiger partial charge in [0.05, 0.1) is 10.6 Å². The van der Waals surface area contributed by atoms with Crippen LogP contribution in [0.15, 0.2) is 77.7 Å². The van der Waals surface area contributed by atoms with E-state index in [2.05, 4.69) is 5.32 Å². The number of benzene rings is 3. The zero-order chi connectivity index (χ0) is 31.8. The average Bonchev–Trinajstić information content (AvgIpc) is 3.06. The lowest BCUT2D eigenvalue weighted by Crippen LogP contribution is -2.54. The van der Waals surface area contributed by atoms with Gasteiger partial charge in [0.25, 0.3) is 10.0 Å². The van der Waals surface area contributed by atoms with Crippen molar-refractivity contribution in [3.63, 3.8) is 0 Å². The minimum Gasteiger partial charge on any atom is -0.486 e. The first-order valence-electron chi connectivity index (χ1n) is 15.6. The molecule has 1 aliphatic heterocycles. The summed E-state index contributed by atoms with van der Waals surface area (Å²) >= 11 is 0. The van der Waals surface area contributed by atoms with Crippen LogP contribution in [0, 0.1) is 5.82 Å². The zero-order valence-electron chi connectivity index (χ0n) is 25.5. The second kappa shape index (κ2) is 14.8. The smallest absolute Gasteiger partial charge is 0.264 e. The summed E-state index contributed by atoms with van der Waals surface area (Å²) in [5, 5.41) is 3.15. The highest BCUT2D eigenvalue weighted by Crippen LogP contribution is 2.34. The van der Waals surface area contributed by atoms with E-state index in [9.17, 15) is 22.4 Å². The number of halogens is 1. The number of sulfonamides is 1. The molecule has 5 rings (SSSR count). The molecule has 11 heteroatoms. The molecule has 0 bridgehead atoms. The number of nitrogens with zero attached hydrogens (tertiary/aromatic N) is 2. The quantitative estimate of drug-likeness (QED) is 0.297. The topological polar surface area (TPSA) is 105 Å². The van der Waals surface area contributed by atoms with Gasteiger partial charge in [0.1, 0.15) is 31.6 Å². The van der Waals surface area contributed by atoms with Crippen molar-refractivity contribution in [2.45, 2.75) is 68.8 Å². The average molecular weight is 638 g/mol. The van der Waals surface area contributed by atoms with Crippen LogP contribution in [0.25, 0.3) is 0 Å². The summed E-state index contributed by atoms with van der Waals surface area (Å²) in [6, 6.07) is 18.1. The number of ether oxygens (including phenoxy) is 2. The Hall–Kier alpha value is -4.12. The van der Waals surface area contributed by atoms with Gasteiger partial charge in [-0.25, -0.2) is 12.8 Å². The van der Waals surface area contributed by atoms with E-state index in [1.54, 1.807) is 0 Å². The number of carbonyl (C=O) groups excluding carboxylic acids is 2. The highest BCUT2D eigenvalue weighted by atomic mass is 32.2. The Bertz CT molecular complexity index is 1560. The number of amides is 2. The first kappa shape index (κ1) is 32.3. The maximum Gasteiger partial charge on any atom is 0.264 e. The normalized spacial score (nSPS) is 15.6. The fourth-order valence-electron chi connectivity index (χ4n) is 5.89. The van der Waals surface area contributed by atoms with Crippen LogP contribution in [-0.4, -0.2) is 63.5 Å². The van der Waals surface area contributed by atoms with Crippen molar-refractivity contribution in [2.24, 2.45) is 0 Å². The van der Waals surface area contributed by atoms with Crippen LogP contribution in [0.2, 0.25) is 0 Å². The number of carbonyl (C=O) groups is 2. The molecule has 1 saturated carbocycles. The van der Waals surface area contributed by atoms with Gasteiger partial charge in [-0.15, -0.1) is 0 Å². The van der Waals surface area contributed by atoms with Crippen molar-refractivity contribution >= 4 is 27.5 Å². The van der Waals surface area contributed by atoms with E-state index < -0.39 is 34.3 Å². The molecule has 0 spiro atoms. The molecule has 3 aromatic rings. The van der Waals surface area contributed by atoms with E-state index in [4.69, 9.17) is 9.47 Å². The second-order valence-electron chi connectivity index (χ2n) is 11.4. The number of anilines is 1. The monoisotopic (exact) mass is 637 g/mol. The Morgan fingerprint density at radius 3 is 2.31 bits per heavy atom. The van der Waals surface area contributed by atoms with Gasteiger partial charge in [0.2, 0.25) is 11.8 Å². The van der Waals surface area contributed by atoms with Gasteiger partial charge in [-0.3, -0.25) is 13.9 Å². The largest absolute Gasteiger partial charge is 0.486 e. The summed E-state index contributed by atoms with van der Waals surface area (Å²) in [4.78, 5) is 29.3. The highest BCUT2D eigenvalue weighted by molar-refractivity contribution is 7.92. The predicted octanol–water partition coefficient (Wildman–Crippen LogP) is 5.09. The van der Waals surface area contributed by atoms with Crippen molar-refractivity contribution in [3.05, 3.63) is 84.2 Å². The van der Waals surface area contributed by atoms with E-state index in [0.717, 1.165) is 54.1 Å². The van der Waals surface area contributed by atoms with Crippen LogP contribution in [0.4, 0.5) is 10.1 Å². The molecule has 1 atom stereocenters. The van der Waals surface area contributed by atoms with Crippen LogP contribution in [0.1, 0.15) is 51.0 Å².